The van der Waals surface area contributed by atoms with Gasteiger partial charge in [0.15, 0.2) is 9.84 Å². The van der Waals surface area contributed by atoms with E-state index in [0.717, 1.165) is 19.4 Å². The number of sulfone groups is 1. The summed E-state index contributed by atoms with van der Waals surface area (Å²) >= 11 is 0. The van der Waals surface area contributed by atoms with Gasteiger partial charge in [0.05, 0.1) is 22.3 Å². The second-order valence-electron chi connectivity index (χ2n) is 5.16. The van der Waals surface area contributed by atoms with Crippen molar-refractivity contribution in [2.75, 3.05) is 18.9 Å². The minimum Gasteiger partial charge on any atom is -0.376 e. The van der Waals surface area contributed by atoms with Gasteiger partial charge in [-0.3, -0.25) is 4.79 Å². The molecule has 2 rings (SSSR count). The van der Waals surface area contributed by atoms with Crippen molar-refractivity contribution in [2.45, 2.75) is 37.2 Å². The summed E-state index contributed by atoms with van der Waals surface area (Å²) in [5, 5.41) is 2.77. The molecule has 1 aromatic rings. The first-order valence-corrected chi connectivity index (χ1v) is 8.91. The van der Waals surface area contributed by atoms with E-state index >= 15 is 0 Å². The van der Waals surface area contributed by atoms with Gasteiger partial charge in [-0.15, -0.1) is 0 Å². The molecule has 1 aliphatic heterocycles. The molecule has 0 aromatic heterocycles. The molecule has 1 heterocycles. The Labute approximate surface area is 125 Å². The van der Waals surface area contributed by atoms with Gasteiger partial charge in [0, 0.05) is 13.2 Å². The largest absolute Gasteiger partial charge is 0.376 e. The number of hydrogen-bond acceptors (Lipinski definition) is 4. The van der Waals surface area contributed by atoms with E-state index in [9.17, 15) is 13.2 Å². The number of benzene rings is 1. The summed E-state index contributed by atoms with van der Waals surface area (Å²) in [4.78, 5) is 12.4. The first kappa shape index (κ1) is 16.0. The van der Waals surface area contributed by atoms with Crippen molar-refractivity contribution >= 4 is 15.7 Å². The van der Waals surface area contributed by atoms with Gasteiger partial charge in [-0.1, -0.05) is 19.1 Å². The number of rotatable bonds is 6. The molecule has 1 N–H and O–H groups in total. The number of hydrogen-bond donors (Lipinski definition) is 1. The van der Waals surface area contributed by atoms with Gasteiger partial charge in [0.2, 0.25) is 0 Å². The highest BCUT2D eigenvalue weighted by Crippen LogP contribution is 2.18. The molecule has 0 unspecified atom stereocenters. The number of amides is 1. The van der Waals surface area contributed by atoms with Crippen molar-refractivity contribution in [3.05, 3.63) is 29.8 Å². The van der Waals surface area contributed by atoms with Gasteiger partial charge in [-0.25, -0.2) is 8.42 Å². The molecule has 1 aliphatic rings. The molecule has 0 aliphatic carbocycles. The van der Waals surface area contributed by atoms with E-state index in [0.29, 0.717) is 13.0 Å². The summed E-state index contributed by atoms with van der Waals surface area (Å²) in [6, 6.07) is 6.35. The third-order valence-electron chi connectivity index (χ3n) is 3.45. The van der Waals surface area contributed by atoms with Gasteiger partial charge >= 0.3 is 0 Å². The maximum absolute atomic E-state index is 12.2. The van der Waals surface area contributed by atoms with Crippen molar-refractivity contribution < 1.29 is 17.9 Å². The minimum atomic E-state index is -3.42. The molecule has 0 saturated carbocycles. The fourth-order valence-corrected chi connectivity index (χ4v) is 3.95. The Hall–Kier alpha value is -1.40. The quantitative estimate of drug-likeness (QED) is 0.869. The maximum Gasteiger partial charge on any atom is 0.252 e. The van der Waals surface area contributed by atoms with E-state index in [1.165, 1.54) is 6.07 Å². The van der Waals surface area contributed by atoms with E-state index in [4.69, 9.17) is 4.74 Å². The van der Waals surface area contributed by atoms with Crippen LogP contribution in [0, 0.1) is 0 Å². The zero-order valence-corrected chi connectivity index (χ0v) is 13.0. The monoisotopic (exact) mass is 311 g/mol. The van der Waals surface area contributed by atoms with Crippen molar-refractivity contribution in [3.8, 4) is 0 Å². The zero-order chi connectivity index (χ0) is 15.3. The highest BCUT2D eigenvalue weighted by molar-refractivity contribution is 7.91. The molecule has 0 bridgehead atoms. The van der Waals surface area contributed by atoms with E-state index in [-0.39, 0.29) is 28.2 Å². The molecule has 116 valence electrons. The normalized spacial score (nSPS) is 18.6. The lowest BCUT2D eigenvalue weighted by Crippen LogP contribution is -2.32. The molecule has 6 heteroatoms. The van der Waals surface area contributed by atoms with E-state index in [1.807, 2.05) is 0 Å². The molecule has 1 aromatic carbocycles. The summed E-state index contributed by atoms with van der Waals surface area (Å²) in [6.45, 7) is 2.95. The lowest BCUT2D eigenvalue weighted by molar-refractivity contribution is 0.0855. The van der Waals surface area contributed by atoms with Gasteiger partial charge in [0.1, 0.15) is 0 Å². The van der Waals surface area contributed by atoms with Crippen LogP contribution in [0.4, 0.5) is 0 Å². The summed E-state index contributed by atoms with van der Waals surface area (Å²) in [6.07, 6.45) is 2.49. The van der Waals surface area contributed by atoms with Crippen LogP contribution in [0.3, 0.4) is 0 Å². The Morgan fingerprint density at radius 1 is 1.38 bits per heavy atom. The van der Waals surface area contributed by atoms with E-state index < -0.39 is 9.84 Å². The molecule has 21 heavy (non-hydrogen) atoms. The topological polar surface area (TPSA) is 72.5 Å². The van der Waals surface area contributed by atoms with Crippen LogP contribution in [-0.2, 0) is 14.6 Å². The summed E-state index contributed by atoms with van der Waals surface area (Å²) in [5.41, 5.74) is 0.212. The fraction of sp³-hybridized carbons (Fsp3) is 0.533. The second kappa shape index (κ2) is 7.04. The molecule has 5 nitrogen and oxygen atoms in total. The Bertz CT molecular complexity index is 591. The highest BCUT2D eigenvalue weighted by atomic mass is 32.2. The Morgan fingerprint density at radius 2 is 2.14 bits per heavy atom. The third-order valence-corrected chi connectivity index (χ3v) is 5.43. The number of nitrogens with one attached hydrogen (secondary N) is 1. The molecule has 1 atom stereocenters. The number of carbonyl (C=O) groups is 1. The average Bonchev–Trinajstić information content (AvgIpc) is 2.98. The lowest BCUT2D eigenvalue weighted by Gasteiger charge is -2.13. The molecule has 0 radical (unpaired) electrons. The smallest absolute Gasteiger partial charge is 0.252 e. The molecule has 0 spiro atoms. The van der Waals surface area contributed by atoms with Crippen LogP contribution >= 0.6 is 0 Å². The molecule has 1 saturated heterocycles. The SMILES string of the molecule is CCCS(=O)(=O)c1ccccc1C(=O)NC[C@H]1CCCO1. The van der Waals surface area contributed by atoms with E-state index in [1.54, 1.807) is 25.1 Å². The summed E-state index contributed by atoms with van der Waals surface area (Å²) < 4.78 is 29.9. The van der Waals surface area contributed by atoms with Crippen LogP contribution in [0.15, 0.2) is 29.2 Å². The van der Waals surface area contributed by atoms with Crippen molar-refractivity contribution in [2.24, 2.45) is 0 Å². The average molecular weight is 311 g/mol. The summed E-state index contributed by atoms with van der Waals surface area (Å²) in [5.74, 6) is -0.316. The third kappa shape index (κ3) is 4.04. The zero-order valence-electron chi connectivity index (χ0n) is 12.2. The van der Waals surface area contributed by atoms with Gasteiger partial charge in [-0.05, 0) is 31.4 Å². The van der Waals surface area contributed by atoms with Crippen LogP contribution in [0.2, 0.25) is 0 Å². The molecular formula is C15H21NO4S. The van der Waals surface area contributed by atoms with Crippen molar-refractivity contribution in [1.29, 1.82) is 0 Å². The van der Waals surface area contributed by atoms with Gasteiger partial charge < -0.3 is 10.1 Å². The molecule has 1 amide bonds. The molecule has 1 fully saturated rings. The van der Waals surface area contributed by atoms with Crippen LogP contribution < -0.4 is 5.32 Å². The number of ether oxygens (including phenoxy) is 1. The van der Waals surface area contributed by atoms with Crippen LogP contribution in [-0.4, -0.2) is 39.3 Å². The van der Waals surface area contributed by atoms with Crippen LogP contribution in [0.1, 0.15) is 36.5 Å². The van der Waals surface area contributed by atoms with Crippen molar-refractivity contribution in [1.82, 2.24) is 5.32 Å². The first-order valence-electron chi connectivity index (χ1n) is 7.26. The van der Waals surface area contributed by atoms with Gasteiger partial charge in [0.25, 0.3) is 5.91 Å². The highest BCUT2D eigenvalue weighted by Gasteiger charge is 2.22. The maximum atomic E-state index is 12.2. The van der Waals surface area contributed by atoms with Crippen LogP contribution in [0.5, 0.6) is 0 Å². The summed E-state index contributed by atoms with van der Waals surface area (Å²) in [7, 11) is -3.42. The predicted octanol–water partition coefficient (Wildman–Crippen LogP) is 1.78. The Balaban J connectivity index is 2.13. The van der Waals surface area contributed by atoms with Crippen molar-refractivity contribution in [3.63, 3.8) is 0 Å². The standard InChI is InChI=1S/C15H21NO4S/c1-2-10-21(18,19)14-8-4-3-7-13(14)15(17)16-11-12-6-5-9-20-12/h3-4,7-8,12H,2,5-6,9-11H2,1H3,(H,16,17)/t12-/m1/s1. The fourth-order valence-electron chi connectivity index (χ4n) is 2.41. The van der Waals surface area contributed by atoms with Crippen LogP contribution in [0.25, 0.3) is 0 Å². The van der Waals surface area contributed by atoms with E-state index in [2.05, 4.69) is 5.32 Å². The lowest BCUT2D eigenvalue weighted by atomic mass is 10.2. The minimum absolute atomic E-state index is 0.0355. The molecular weight excluding hydrogens is 290 g/mol. The Morgan fingerprint density at radius 3 is 2.81 bits per heavy atom. The number of carbonyl (C=O) groups excluding carboxylic acids is 1. The van der Waals surface area contributed by atoms with Gasteiger partial charge in [-0.2, -0.15) is 0 Å². The second-order valence-corrected chi connectivity index (χ2v) is 7.24. The first-order chi connectivity index (χ1) is 10.0. The predicted molar refractivity (Wildman–Crippen MR) is 80.1 cm³/mol. The Kier molecular flexibility index (Phi) is 5.36.